The highest BCUT2D eigenvalue weighted by Crippen LogP contribution is 2.21. The van der Waals surface area contributed by atoms with Gasteiger partial charge >= 0.3 is 0 Å². The fourth-order valence-electron chi connectivity index (χ4n) is 1.53. The molecule has 0 spiro atoms. The first kappa shape index (κ1) is 13.0. The van der Waals surface area contributed by atoms with Gasteiger partial charge in [-0.25, -0.2) is 4.98 Å². The molecule has 1 unspecified atom stereocenters. The third-order valence-corrected chi connectivity index (χ3v) is 2.62. The first-order valence-corrected chi connectivity index (χ1v) is 5.60. The molecule has 0 aliphatic carbocycles. The molecule has 0 saturated heterocycles. The zero-order valence-electron chi connectivity index (χ0n) is 10.2. The average molecular weight is 263 g/mol. The Morgan fingerprint density at radius 1 is 1.53 bits per heavy atom. The molecule has 7 heteroatoms. The SMILES string of the molecule is CC(O)(CNc1ccc([N+](=O)[O-])cn1)c1ccco1. The quantitative estimate of drug-likeness (QED) is 0.631. The van der Waals surface area contributed by atoms with Gasteiger partial charge in [-0.2, -0.15) is 0 Å². The third kappa shape index (κ3) is 3.08. The largest absolute Gasteiger partial charge is 0.466 e. The van der Waals surface area contributed by atoms with E-state index in [-0.39, 0.29) is 12.2 Å². The molecular weight excluding hydrogens is 250 g/mol. The van der Waals surface area contributed by atoms with Crippen LogP contribution in [-0.2, 0) is 5.60 Å². The molecule has 2 aromatic heterocycles. The summed E-state index contributed by atoms with van der Waals surface area (Å²) in [6, 6.07) is 6.19. The molecule has 0 aliphatic rings. The normalized spacial score (nSPS) is 13.8. The summed E-state index contributed by atoms with van der Waals surface area (Å²) in [5.74, 6) is 0.874. The van der Waals surface area contributed by atoms with Crippen LogP contribution in [0.4, 0.5) is 11.5 Å². The van der Waals surface area contributed by atoms with Crippen LogP contribution in [0.15, 0.2) is 41.1 Å². The Morgan fingerprint density at radius 2 is 2.32 bits per heavy atom. The van der Waals surface area contributed by atoms with Crippen molar-refractivity contribution in [3.8, 4) is 0 Å². The Bertz CT molecular complexity index is 549. The average Bonchev–Trinajstić information content (AvgIpc) is 2.91. The zero-order chi connectivity index (χ0) is 13.9. The van der Waals surface area contributed by atoms with Gasteiger partial charge in [0.15, 0.2) is 0 Å². The molecule has 0 aliphatic heterocycles. The second-order valence-corrected chi connectivity index (χ2v) is 4.26. The molecule has 2 aromatic rings. The van der Waals surface area contributed by atoms with Crippen LogP contribution < -0.4 is 5.32 Å². The summed E-state index contributed by atoms with van der Waals surface area (Å²) in [7, 11) is 0. The van der Waals surface area contributed by atoms with Gasteiger partial charge in [0.2, 0.25) is 0 Å². The van der Waals surface area contributed by atoms with Crippen LogP contribution in [0.1, 0.15) is 12.7 Å². The fourth-order valence-corrected chi connectivity index (χ4v) is 1.53. The predicted octanol–water partition coefficient (Wildman–Crippen LogP) is 1.90. The molecule has 1 atom stereocenters. The van der Waals surface area contributed by atoms with Gasteiger partial charge in [-0.15, -0.1) is 0 Å². The van der Waals surface area contributed by atoms with Gasteiger partial charge in [0.25, 0.3) is 5.69 Å². The number of nitrogens with one attached hydrogen (secondary N) is 1. The number of nitrogens with zero attached hydrogens (tertiary/aromatic N) is 2. The van der Waals surface area contributed by atoms with Gasteiger partial charge in [0, 0.05) is 6.07 Å². The van der Waals surface area contributed by atoms with E-state index < -0.39 is 10.5 Å². The van der Waals surface area contributed by atoms with Crippen molar-refractivity contribution in [3.63, 3.8) is 0 Å². The van der Waals surface area contributed by atoms with Crippen LogP contribution in [0.3, 0.4) is 0 Å². The molecule has 100 valence electrons. The molecule has 0 amide bonds. The molecule has 19 heavy (non-hydrogen) atoms. The van der Waals surface area contributed by atoms with Gasteiger partial charge in [-0.05, 0) is 25.1 Å². The second kappa shape index (κ2) is 5.07. The predicted molar refractivity (Wildman–Crippen MR) is 67.7 cm³/mol. The lowest BCUT2D eigenvalue weighted by molar-refractivity contribution is -0.385. The summed E-state index contributed by atoms with van der Waals surface area (Å²) >= 11 is 0. The van der Waals surface area contributed by atoms with Crippen LogP contribution in [0.25, 0.3) is 0 Å². The molecule has 2 N–H and O–H groups in total. The Balaban J connectivity index is 2.00. The first-order chi connectivity index (χ1) is 8.99. The van der Waals surface area contributed by atoms with Crippen molar-refractivity contribution in [2.75, 3.05) is 11.9 Å². The van der Waals surface area contributed by atoms with Crippen molar-refractivity contribution >= 4 is 11.5 Å². The number of nitro groups is 1. The summed E-state index contributed by atoms with van der Waals surface area (Å²) < 4.78 is 5.14. The number of anilines is 1. The van der Waals surface area contributed by atoms with E-state index >= 15 is 0 Å². The van der Waals surface area contributed by atoms with Gasteiger partial charge in [0.05, 0.1) is 17.7 Å². The molecule has 0 bridgehead atoms. The van der Waals surface area contributed by atoms with Crippen LogP contribution in [0.2, 0.25) is 0 Å². The molecule has 0 fully saturated rings. The number of furan rings is 1. The molecule has 7 nitrogen and oxygen atoms in total. The van der Waals surface area contributed by atoms with E-state index in [4.69, 9.17) is 4.42 Å². The zero-order valence-corrected chi connectivity index (χ0v) is 10.2. The number of aliphatic hydroxyl groups is 1. The highest BCUT2D eigenvalue weighted by Gasteiger charge is 2.26. The van der Waals surface area contributed by atoms with Crippen molar-refractivity contribution in [2.24, 2.45) is 0 Å². The van der Waals surface area contributed by atoms with E-state index in [1.807, 2.05) is 0 Å². The van der Waals surface area contributed by atoms with E-state index in [9.17, 15) is 15.2 Å². The van der Waals surface area contributed by atoms with E-state index in [0.29, 0.717) is 11.6 Å². The highest BCUT2D eigenvalue weighted by molar-refractivity contribution is 5.40. The molecule has 0 aromatic carbocycles. The lowest BCUT2D eigenvalue weighted by Crippen LogP contribution is -2.30. The van der Waals surface area contributed by atoms with Crippen LogP contribution in [0, 0.1) is 10.1 Å². The molecular formula is C12H13N3O4. The molecule has 2 heterocycles. The highest BCUT2D eigenvalue weighted by atomic mass is 16.6. The van der Waals surface area contributed by atoms with Crippen molar-refractivity contribution in [1.29, 1.82) is 0 Å². The minimum atomic E-state index is -1.19. The maximum atomic E-state index is 10.5. The second-order valence-electron chi connectivity index (χ2n) is 4.26. The van der Waals surface area contributed by atoms with Crippen molar-refractivity contribution in [1.82, 2.24) is 4.98 Å². The number of rotatable bonds is 5. The van der Waals surface area contributed by atoms with E-state index in [1.165, 1.54) is 18.4 Å². The molecule has 2 rings (SSSR count). The summed E-state index contributed by atoms with van der Waals surface area (Å²) in [5.41, 5.74) is -1.27. The summed E-state index contributed by atoms with van der Waals surface area (Å²) in [4.78, 5) is 13.8. The van der Waals surface area contributed by atoms with Crippen molar-refractivity contribution in [2.45, 2.75) is 12.5 Å². The Morgan fingerprint density at radius 3 is 2.84 bits per heavy atom. The fraction of sp³-hybridized carbons (Fsp3) is 0.250. The standard InChI is InChI=1S/C12H13N3O4/c1-12(16,10-3-2-6-19-10)8-14-11-5-4-9(7-13-11)15(17)18/h2-7,16H,8H2,1H3,(H,13,14). The van der Waals surface area contributed by atoms with Gasteiger partial charge in [-0.1, -0.05) is 0 Å². The van der Waals surface area contributed by atoms with E-state index in [2.05, 4.69) is 10.3 Å². The van der Waals surface area contributed by atoms with Crippen molar-refractivity contribution < 1.29 is 14.4 Å². The van der Waals surface area contributed by atoms with Gasteiger partial charge in [0.1, 0.15) is 23.4 Å². The van der Waals surface area contributed by atoms with Gasteiger partial charge in [-0.3, -0.25) is 10.1 Å². The van der Waals surface area contributed by atoms with Crippen LogP contribution in [0.5, 0.6) is 0 Å². The minimum absolute atomic E-state index is 0.0802. The number of hydrogen-bond donors (Lipinski definition) is 2. The Kier molecular flexibility index (Phi) is 3.48. The Hall–Kier alpha value is -2.41. The Labute approximate surface area is 109 Å². The smallest absolute Gasteiger partial charge is 0.287 e. The summed E-state index contributed by atoms with van der Waals surface area (Å²) in [6.45, 7) is 1.77. The van der Waals surface area contributed by atoms with E-state index in [1.54, 1.807) is 19.1 Å². The summed E-state index contributed by atoms with van der Waals surface area (Å²) in [6.07, 6.45) is 2.64. The monoisotopic (exact) mass is 263 g/mol. The topological polar surface area (TPSA) is 101 Å². The van der Waals surface area contributed by atoms with Crippen LogP contribution >= 0.6 is 0 Å². The lowest BCUT2D eigenvalue weighted by Gasteiger charge is -2.21. The summed E-state index contributed by atoms with van der Waals surface area (Å²) in [5, 5.41) is 23.6. The van der Waals surface area contributed by atoms with Crippen molar-refractivity contribution in [3.05, 3.63) is 52.6 Å². The number of aromatic nitrogens is 1. The molecule has 0 radical (unpaired) electrons. The van der Waals surface area contributed by atoms with Gasteiger partial charge < -0.3 is 14.8 Å². The lowest BCUT2D eigenvalue weighted by atomic mass is 10.0. The number of hydrogen-bond acceptors (Lipinski definition) is 6. The van der Waals surface area contributed by atoms with Crippen LogP contribution in [-0.4, -0.2) is 21.6 Å². The third-order valence-electron chi connectivity index (χ3n) is 2.62. The number of pyridine rings is 1. The first-order valence-electron chi connectivity index (χ1n) is 5.60. The minimum Gasteiger partial charge on any atom is -0.466 e. The maximum Gasteiger partial charge on any atom is 0.287 e. The molecule has 0 saturated carbocycles. The maximum absolute atomic E-state index is 10.5. The van der Waals surface area contributed by atoms with E-state index in [0.717, 1.165) is 6.20 Å².